The standard InChI is InChI=1S/2C18H22ClNO3S.C18H20ClNO2.2C17H20ClNO3S.C17H18ClNO2/c1-4-11-20(24(3,21)22)17-9-10-18(15(12-17)13-23-2)14-5-7-16(19)8-6-14;1-4-20(24(21,22)5-2)17-10-11-18(15(12-17)13-23-3)14-6-8-16(19)9-7-14;1-4-18(21)20(2)16-9-10-17(14(11-16)12-22-3)13-5-7-15(19)8-6-13;1-4-19(23(3,20)21)16-9-10-17(14(11-16)12-22-2)13-5-7-15(18)8-6-13;1-4-23(20,21)19(2)16-9-10-17(14(11-16)12-22-3)13-5-7-15(18)8-6-13;1-12(20)19(2)16-8-9-17(14(10-16)11-21-3)13-4-6-15(18)7-5-13/h5-10,12H,4,11,13H2,1-3H3;6-12H,4-5,13H2,1-3H3;5-11H,4,12H2,1-3H3;2*5-11H,4,12H2,1-3H3;4-10H,11H2,1-3H3. The van der Waals surface area contributed by atoms with Crippen LogP contribution in [0.2, 0.25) is 30.1 Å². The number of methoxy groups -OCH3 is 6. The van der Waals surface area contributed by atoms with Crippen molar-refractivity contribution in [1.29, 1.82) is 0 Å². The second-order valence-corrected chi connectivity index (χ2v) is 42.2. The van der Waals surface area contributed by atoms with Gasteiger partial charge in [0.25, 0.3) is 0 Å². The van der Waals surface area contributed by atoms with Gasteiger partial charge in [0.15, 0.2) is 0 Å². The van der Waals surface area contributed by atoms with Gasteiger partial charge < -0.3 is 38.2 Å². The minimum atomic E-state index is -3.32. The van der Waals surface area contributed by atoms with Crippen LogP contribution in [0.1, 0.15) is 94.7 Å². The first-order valence-electron chi connectivity index (χ1n) is 43.8. The van der Waals surface area contributed by atoms with Gasteiger partial charge in [0.2, 0.25) is 51.9 Å². The first-order chi connectivity index (χ1) is 65.1. The Morgan fingerprint density at radius 2 is 0.504 bits per heavy atom. The van der Waals surface area contributed by atoms with E-state index in [0.717, 1.165) is 118 Å². The molecule has 0 unspecified atom stereocenters. The van der Waals surface area contributed by atoms with Crippen LogP contribution in [0.5, 0.6) is 0 Å². The van der Waals surface area contributed by atoms with Gasteiger partial charge in [-0.25, -0.2) is 33.7 Å². The van der Waals surface area contributed by atoms with E-state index in [0.29, 0.717) is 119 Å². The third-order valence-electron chi connectivity index (χ3n) is 21.7. The number of rotatable bonds is 35. The number of benzene rings is 12. The predicted molar refractivity (Wildman–Crippen MR) is 569 cm³/mol. The zero-order valence-electron chi connectivity index (χ0n) is 80.6. The summed E-state index contributed by atoms with van der Waals surface area (Å²) in [7, 11) is 1.70. The highest BCUT2D eigenvalue weighted by Crippen LogP contribution is 2.38. The number of ether oxygens (including phenoxy) is 6. The van der Waals surface area contributed by atoms with Crippen molar-refractivity contribution in [3.63, 3.8) is 0 Å². The van der Waals surface area contributed by atoms with Crippen LogP contribution in [0.3, 0.4) is 0 Å². The zero-order chi connectivity index (χ0) is 101. The zero-order valence-corrected chi connectivity index (χ0v) is 88.4. The van der Waals surface area contributed by atoms with Crippen molar-refractivity contribution in [3.8, 4) is 66.8 Å². The van der Waals surface area contributed by atoms with Gasteiger partial charge in [0, 0.05) is 138 Å². The van der Waals surface area contributed by atoms with Crippen LogP contribution < -0.4 is 27.0 Å². The molecule has 12 rings (SSSR count). The lowest BCUT2D eigenvalue weighted by molar-refractivity contribution is -0.118. The Morgan fingerprint density at radius 1 is 0.285 bits per heavy atom. The molecule has 0 aliphatic rings. The molecular formula is C105H122Cl6N6O16S4. The van der Waals surface area contributed by atoms with Gasteiger partial charge in [0.1, 0.15) is 0 Å². The molecule has 22 nitrogen and oxygen atoms in total. The van der Waals surface area contributed by atoms with Crippen LogP contribution in [0, 0.1) is 0 Å². The van der Waals surface area contributed by atoms with Gasteiger partial charge >= 0.3 is 0 Å². The Bertz CT molecular complexity index is 6320. The maximum absolute atomic E-state index is 12.3. The lowest BCUT2D eigenvalue weighted by Gasteiger charge is -2.23. The molecule has 0 aliphatic carbocycles. The molecule has 137 heavy (non-hydrogen) atoms. The fourth-order valence-corrected chi connectivity index (χ4v) is 19.3. The minimum absolute atomic E-state index is 0.00221. The van der Waals surface area contributed by atoms with Crippen molar-refractivity contribution in [3.05, 3.63) is 318 Å². The van der Waals surface area contributed by atoms with E-state index >= 15 is 0 Å². The maximum Gasteiger partial charge on any atom is 0.234 e. The van der Waals surface area contributed by atoms with Gasteiger partial charge in [-0.15, -0.1) is 0 Å². The van der Waals surface area contributed by atoms with E-state index < -0.39 is 40.1 Å². The van der Waals surface area contributed by atoms with Gasteiger partial charge in [0.05, 0.1) is 86.4 Å². The molecule has 0 radical (unpaired) electrons. The highest BCUT2D eigenvalue weighted by molar-refractivity contribution is 7.93. The van der Waals surface area contributed by atoms with Crippen molar-refractivity contribution in [2.45, 2.75) is 101 Å². The minimum Gasteiger partial charge on any atom is -0.380 e. The van der Waals surface area contributed by atoms with Crippen LogP contribution >= 0.6 is 69.6 Å². The summed E-state index contributed by atoms with van der Waals surface area (Å²) in [5, 5.41) is 4.12. The number of hydrogen-bond donors (Lipinski definition) is 0. The summed E-state index contributed by atoms with van der Waals surface area (Å²) in [6.45, 7) is 16.1. The molecular weight excluding hydrogens is 1940 g/mol. The van der Waals surface area contributed by atoms with E-state index in [9.17, 15) is 43.3 Å². The van der Waals surface area contributed by atoms with Crippen molar-refractivity contribution >= 4 is 156 Å². The molecule has 0 N–H and O–H groups in total. The Labute approximate surface area is 841 Å². The maximum atomic E-state index is 12.3. The van der Waals surface area contributed by atoms with E-state index in [1.165, 1.54) is 29.7 Å². The van der Waals surface area contributed by atoms with Crippen molar-refractivity contribution < 1.29 is 71.7 Å². The summed E-state index contributed by atoms with van der Waals surface area (Å²) in [6, 6.07) is 79.9. The molecule has 12 aromatic rings. The lowest BCUT2D eigenvalue weighted by Crippen LogP contribution is -2.32. The van der Waals surface area contributed by atoms with E-state index in [1.54, 1.807) is 100 Å². The van der Waals surface area contributed by atoms with Gasteiger partial charge in [-0.3, -0.25) is 26.8 Å². The molecule has 0 atom stereocenters. The lowest BCUT2D eigenvalue weighted by atomic mass is 9.99. The Morgan fingerprint density at radius 3 is 0.723 bits per heavy atom. The number of sulfonamides is 4. The summed E-state index contributed by atoms with van der Waals surface area (Å²) in [5.74, 6) is 0.210. The number of anilines is 6. The topological polar surface area (TPSA) is 246 Å². The van der Waals surface area contributed by atoms with Crippen molar-refractivity contribution in [1.82, 2.24) is 0 Å². The molecule has 0 saturated carbocycles. The molecule has 12 aromatic carbocycles. The summed E-state index contributed by atoms with van der Waals surface area (Å²) >= 11 is 35.7. The molecule has 0 aliphatic heterocycles. The Balaban J connectivity index is 0.000000224. The van der Waals surface area contributed by atoms with E-state index in [1.807, 2.05) is 276 Å². The Kier molecular flexibility index (Phi) is 45.9. The van der Waals surface area contributed by atoms with Crippen molar-refractivity contribution in [2.75, 3.05) is 134 Å². The molecule has 0 aromatic heterocycles. The van der Waals surface area contributed by atoms with Crippen LogP contribution in [-0.2, 0) is 118 Å². The third-order valence-corrected chi connectivity index (χ3v) is 29.3. The second kappa shape index (κ2) is 55.2. The van der Waals surface area contributed by atoms with E-state index in [4.69, 9.17) is 98.0 Å². The average molecular weight is 2070 g/mol. The number of nitrogens with zero attached hydrogens (tertiary/aromatic N) is 6. The van der Waals surface area contributed by atoms with Gasteiger partial charge in [-0.05, 0) is 280 Å². The van der Waals surface area contributed by atoms with Crippen LogP contribution in [0.4, 0.5) is 34.1 Å². The molecule has 0 fully saturated rings. The number of hydrogen-bond acceptors (Lipinski definition) is 16. The second-order valence-electron chi connectivity index (χ2n) is 31.3. The molecule has 0 bridgehead atoms. The summed E-state index contributed by atoms with van der Waals surface area (Å²) < 4.78 is 134. The highest BCUT2D eigenvalue weighted by Gasteiger charge is 2.25. The fourth-order valence-electron chi connectivity index (χ4n) is 14.6. The largest absolute Gasteiger partial charge is 0.380 e. The number of halogens is 6. The van der Waals surface area contributed by atoms with Gasteiger partial charge in [-0.1, -0.05) is 193 Å². The summed E-state index contributed by atoms with van der Waals surface area (Å²) in [4.78, 5) is 26.6. The van der Waals surface area contributed by atoms with Gasteiger partial charge in [-0.2, -0.15) is 0 Å². The molecule has 0 spiro atoms. The molecule has 32 heteroatoms. The summed E-state index contributed by atoms with van der Waals surface area (Å²) in [6.07, 6.45) is 3.66. The highest BCUT2D eigenvalue weighted by atomic mass is 35.5. The van der Waals surface area contributed by atoms with Crippen LogP contribution in [-0.4, -0.2) is 153 Å². The number of carbonyl (C=O) groups is 2. The first-order valence-corrected chi connectivity index (χ1v) is 53.0. The van der Waals surface area contributed by atoms with E-state index in [-0.39, 0.29) is 23.3 Å². The summed E-state index contributed by atoms with van der Waals surface area (Å²) in [5.41, 5.74) is 22.4. The van der Waals surface area contributed by atoms with Crippen LogP contribution in [0.25, 0.3) is 66.8 Å². The van der Waals surface area contributed by atoms with E-state index in [2.05, 4.69) is 0 Å². The molecule has 0 saturated heterocycles. The average Bonchev–Trinajstić information content (AvgIpc) is 0.820. The normalized spacial score (nSPS) is 11.2. The molecule has 2 amide bonds. The first kappa shape index (κ1) is 114. The van der Waals surface area contributed by atoms with Crippen molar-refractivity contribution in [2.24, 2.45) is 0 Å². The van der Waals surface area contributed by atoms with Crippen LogP contribution in [0.15, 0.2) is 255 Å². The Hall–Kier alpha value is -9.92. The predicted octanol–water partition coefficient (Wildman–Crippen LogP) is 25.2. The smallest absolute Gasteiger partial charge is 0.234 e. The molecule has 734 valence electrons. The SMILES string of the molecule is CCC(=O)N(C)c1ccc(-c2ccc(Cl)cc2)c(COC)c1.CCCN(c1ccc(-c2ccc(Cl)cc2)c(COC)c1)S(C)(=O)=O.CCN(c1ccc(-c2ccc(Cl)cc2)c(COC)c1)S(=O)(=O)CC.CCN(c1ccc(-c2ccc(Cl)cc2)c(COC)c1)S(C)(=O)=O.CCS(=O)(=O)N(C)c1ccc(-c2ccc(Cl)cc2)c(COC)c1.COCc1cc(N(C)C(C)=O)ccc1-c1ccc(Cl)cc1. The fraction of sp³-hybridized carbons (Fsp3) is 0.295. The molecule has 0 heterocycles. The number of amides is 2. The third kappa shape index (κ3) is 33.4. The number of carbonyl (C=O) groups excluding carboxylic acids is 2. The quantitative estimate of drug-likeness (QED) is 0.0358. The monoisotopic (exact) mass is 2060 g/mol.